The second-order valence-corrected chi connectivity index (χ2v) is 5.30. The minimum absolute atomic E-state index is 0.100. The summed E-state index contributed by atoms with van der Waals surface area (Å²) in [5.41, 5.74) is 7.32. The third kappa shape index (κ3) is 3.83. The van der Waals surface area contributed by atoms with Gasteiger partial charge in [-0.2, -0.15) is 0 Å². The zero-order chi connectivity index (χ0) is 13.0. The fourth-order valence-corrected chi connectivity index (χ4v) is 2.04. The Morgan fingerprint density at radius 2 is 2.06 bits per heavy atom. The van der Waals surface area contributed by atoms with Crippen LogP contribution in [0.2, 0.25) is 5.02 Å². The van der Waals surface area contributed by atoms with Gasteiger partial charge in [0.25, 0.3) is 0 Å². The minimum atomic E-state index is -0.103. The lowest BCUT2D eigenvalue weighted by atomic mass is 9.89. The highest BCUT2D eigenvalue weighted by atomic mass is 35.5. The maximum Gasteiger partial charge on any atom is 0.167 e. The highest BCUT2D eigenvalue weighted by Crippen LogP contribution is 2.21. The van der Waals surface area contributed by atoms with Crippen LogP contribution in [0, 0.1) is 18.8 Å². The van der Waals surface area contributed by atoms with Gasteiger partial charge in [0.15, 0.2) is 5.78 Å². The quantitative estimate of drug-likeness (QED) is 0.817. The first-order chi connectivity index (χ1) is 7.95. The Hall–Kier alpha value is -0.860. The molecule has 0 heterocycles. The van der Waals surface area contributed by atoms with Crippen molar-refractivity contribution in [3.8, 4) is 0 Å². The molecule has 94 valence electrons. The van der Waals surface area contributed by atoms with Crippen molar-refractivity contribution in [3.05, 3.63) is 34.3 Å². The SMILES string of the molecule is Cc1ccc(C(=O)C(CN)CC(C)C)cc1Cl. The highest BCUT2D eigenvalue weighted by Gasteiger charge is 2.20. The Balaban J connectivity index is 2.90. The fraction of sp³-hybridized carbons (Fsp3) is 0.500. The van der Waals surface area contributed by atoms with Crippen molar-refractivity contribution in [2.45, 2.75) is 27.2 Å². The van der Waals surface area contributed by atoms with Crippen LogP contribution >= 0.6 is 11.6 Å². The van der Waals surface area contributed by atoms with Crippen LogP contribution in [0.25, 0.3) is 0 Å². The topological polar surface area (TPSA) is 43.1 Å². The molecule has 0 spiro atoms. The molecule has 2 nitrogen and oxygen atoms in total. The molecule has 1 rings (SSSR count). The summed E-state index contributed by atoms with van der Waals surface area (Å²) in [6.07, 6.45) is 0.820. The molecule has 0 radical (unpaired) electrons. The van der Waals surface area contributed by atoms with Crippen molar-refractivity contribution in [2.24, 2.45) is 17.6 Å². The van der Waals surface area contributed by atoms with Crippen molar-refractivity contribution in [1.82, 2.24) is 0 Å². The molecule has 0 fully saturated rings. The van der Waals surface area contributed by atoms with E-state index in [1.165, 1.54) is 0 Å². The Labute approximate surface area is 108 Å². The number of Topliss-reactive ketones (excluding diaryl/α,β-unsaturated/α-hetero) is 1. The van der Waals surface area contributed by atoms with Crippen LogP contribution < -0.4 is 5.73 Å². The Morgan fingerprint density at radius 3 is 2.53 bits per heavy atom. The van der Waals surface area contributed by atoms with Crippen LogP contribution in [0.15, 0.2) is 18.2 Å². The van der Waals surface area contributed by atoms with Crippen LogP contribution in [0.1, 0.15) is 36.2 Å². The van der Waals surface area contributed by atoms with Crippen molar-refractivity contribution >= 4 is 17.4 Å². The van der Waals surface area contributed by atoms with Gasteiger partial charge >= 0.3 is 0 Å². The van der Waals surface area contributed by atoms with E-state index >= 15 is 0 Å². The van der Waals surface area contributed by atoms with Crippen LogP contribution in [-0.2, 0) is 0 Å². The van der Waals surface area contributed by atoms with E-state index in [0.717, 1.165) is 12.0 Å². The predicted octanol–water partition coefficient (Wildman–Crippen LogP) is 3.45. The molecular formula is C14H20ClNO. The summed E-state index contributed by atoms with van der Waals surface area (Å²) in [6.45, 7) is 6.50. The first-order valence-electron chi connectivity index (χ1n) is 5.96. The Bertz CT molecular complexity index is 401. The number of ketones is 1. The molecule has 17 heavy (non-hydrogen) atoms. The molecule has 1 aromatic carbocycles. The molecule has 1 atom stereocenters. The van der Waals surface area contributed by atoms with Crippen molar-refractivity contribution in [3.63, 3.8) is 0 Å². The van der Waals surface area contributed by atoms with E-state index in [1.54, 1.807) is 6.07 Å². The van der Waals surface area contributed by atoms with Gasteiger partial charge in [0, 0.05) is 23.0 Å². The van der Waals surface area contributed by atoms with Crippen molar-refractivity contribution < 1.29 is 4.79 Å². The van der Waals surface area contributed by atoms with Crippen molar-refractivity contribution in [2.75, 3.05) is 6.54 Å². The number of benzene rings is 1. The van der Waals surface area contributed by atoms with E-state index in [1.807, 2.05) is 19.1 Å². The number of hydrogen-bond donors (Lipinski definition) is 1. The average molecular weight is 254 g/mol. The predicted molar refractivity (Wildman–Crippen MR) is 72.5 cm³/mol. The third-order valence-corrected chi connectivity index (χ3v) is 3.27. The number of halogens is 1. The maximum atomic E-state index is 12.2. The minimum Gasteiger partial charge on any atom is -0.330 e. The van der Waals surface area contributed by atoms with Gasteiger partial charge in [-0.15, -0.1) is 0 Å². The molecule has 0 aliphatic carbocycles. The number of rotatable bonds is 5. The van der Waals surface area contributed by atoms with Crippen LogP contribution in [-0.4, -0.2) is 12.3 Å². The highest BCUT2D eigenvalue weighted by molar-refractivity contribution is 6.31. The molecule has 0 aliphatic rings. The van der Waals surface area contributed by atoms with Gasteiger partial charge in [-0.05, 0) is 30.9 Å². The summed E-state index contributed by atoms with van der Waals surface area (Å²) in [4.78, 5) is 12.2. The zero-order valence-corrected chi connectivity index (χ0v) is 11.4. The third-order valence-electron chi connectivity index (χ3n) is 2.87. The van der Waals surface area contributed by atoms with E-state index in [9.17, 15) is 4.79 Å². The van der Waals surface area contributed by atoms with Crippen LogP contribution in [0.3, 0.4) is 0 Å². The second kappa shape index (κ2) is 6.18. The molecular weight excluding hydrogens is 234 g/mol. The molecule has 0 aromatic heterocycles. The van der Waals surface area contributed by atoms with Gasteiger partial charge < -0.3 is 5.73 Å². The monoisotopic (exact) mass is 253 g/mol. The largest absolute Gasteiger partial charge is 0.330 e. The number of carbonyl (C=O) groups is 1. The van der Waals surface area contributed by atoms with Crippen LogP contribution in [0.4, 0.5) is 0 Å². The lowest BCUT2D eigenvalue weighted by molar-refractivity contribution is 0.0909. The molecule has 0 saturated carbocycles. The van der Waals surface area contributed by atoms with E-state index in [0.29, 0.717) is 23.0 Å². The zero-order valence-electron chi connectivity index (χ0n) is 10.7. The van der Waals surface area contributed by atoms with Gasteiger partial charge in [0.2, 0.25) is 0 Å². The molecule has 0 aliphatic heterocycles. The first-order valence-corrected chi connectivity index (χ1v) is 6.34. The van der Waals surface area contributed by atoms with E-state index in [4.69, 9.17) is 17.3 Å². The molecule has 1 unspecified atom stereocenters. The van der Waals surface area contributed by atoms with E-state index in [-0.39, 0.29) is 11.7 Å². The molecule has 3 heteroatoms. The van der Waals surface area contributed by atoms with E-state index in [2.05, 4.69) is 13.8 Å². The number of nitrogens with two attached hydrogens (primary N) is 1. The fourth-order valence-electron chi connectivity index (χ4n) is 1.86. The van der Waals surface area contributed by atoms with Crippen molar-refractivity contribution in [1.29, 1.82) is 0 Å². The molecule has 1 aromatic rings. The number of hydrogen-bond acceptors (Lipinski definition) is 2. The number of carbonyl (C=O) groups excluding carboxylic acids is 1. The molecule has 0 bridgehead atoms. The first kappa shape index (κ1) is 14.2. The summed E-state index contributed by atoms with van der Waals surface area (Å²) in [5, 5.41) is 0.635. The average Bonchev–Trinajstić information content (AvgIpc) is 2.28. The van der Waals surface area contributed by atoms with E-state index < -0.39 is 0 Å². The second-order valence-electron chi connectivity index (χ2n) is 4.89. The van der Waals surface area contributed by atoms with Gasteiger partial charge in [-0.1, -0.05) is 37.6 Å². The molecule has 2 N–H and O–H groups in total. The summed E-state index contributed by atoms with van der Waals surface area (Å²) in [6, 6.07) is 5.44. The molecule has 0 amide bonds. The smallest absolute Gasteiger partial charge is 0.167 e. The normalized spacial score (nSPS) is 12.8. The summed E-state index contributed by atoms with van der Waals surface area (Å²) in [5.74, 6) is 0.463. The Kier molecular flexibility index (Phi) is 5.16. The van der Waals surface area contributed by atoms with Gasteiger partial charge in [0.1, 0.15) is 0 Å². The summed E-state index contributed by atoms with van der Waals surface area (Å²) < 4.78 is 0. The number of aryl methyl sites for hydroxylation is 1. The summed E-state index contributed by atoms with van der Waals surface area (Å²) in [7, 11) is 0. The van der Waals surface area contributed by atoms with Crippen LogP contribution in [0.5, 0.6) is 0 Å². The summed E-state index contributed by atoms with van der Waals surface area (Å²) >= 11 is 6.03. The van der Waals surface area contributed by atoms with Gasteiger partial charge in [-0.25, -0.2) is 0 Å². The Morgan fingerprint density at radius 1 is 1.41 bits per heavy atom. The molecule has 0 saturated heterocycles. The lowest BCUT2D eigenvalue weighted by Crippen LogP contribution is -2.25. The standard InChI is InChI=1S/C14H20ClNO/c1-9(2)6-12(8-16)14(17)11-5-4-10(3)13(15)7-11/h4-5,7,9,12H,6,8,16H2,1-3H3. The van der Waals surface area contributed by atoms with Gasteiger partial charge in [-0.3, -0.25) is 4.79 Å². The lowest BCUT2D eigenvalue weighted by Gasteiger charge is -2.16. The maximum absolute atomic E-state index is 12.2. The van der Waals surface area contributed by atoms with Gasteiger partial charge in [0.05, 0.1) is 0 Å².